The van der Waals surface area contributed by atoms with E-state index in [2.05, 4.69) is 0 Å². The third kappa shape index (κ3) is 4.80. The van der Waals surface area contributed by atoms with Crippen LogP contribution in [-0.2, 0) is 10.0 Å². The number of rotatable bonds is 5. The monoisotopic (exact) mass is 248 g/mol. The van der Waals surface area contributed by atoms with Gasteiger partial charge in [0.15, 0.2) is 0 Å². The van der Waals surface area contributed by atoms with Crippen LogP contribution in [0.4, 0.5) is 13.2 Å². The topological polar surface area (TPSA) is 63.4 Å². The lowest BCUT2D eigenvalue weighted by Gasteiger charge is -2.21. The molecular formula is C7H15F3N2O2S. The molecule has 8 heteroatoms. The number of alkyl halides is 3. The van der Waals surface area contributed by atoms with Crippen LogP contribution >= 0.6 is 0 Å². The maximum atomic E-state index is 11.8. The Balaban J connectivity index is 4.40. The molecule has 0 aliphatic rings. The van der Waals surface area contributed by atoms with Gasteiger partial charge in [-0.3, -0.25) is 0 Å². The van der Waals surface area contributed by atoms with E-state index in [-0.39, 0.29) is 6.54 Å². The lowest BCUT2D eigenvalue weighted by atomic mass is 10.4. The molecule has 0 saturated heterocycles. The molecule has 0 aromatic rings. The molecule has 0 fully saturated rings. The van der Waals surface area contributed by atoms with E-state index in [9.17, 15) is 21.6 Å². The van der Waals surface area contributed by atoms with Crippen molar-refractivity contribution in [3.63, 3.8) is 0 Å². The standard InChI is InChI=1S/C7H15F3N2O2S/c1-6(5-11)15(13,14)12(2)4-3-7(8,9)10/h6H,3-5,11H2,1-2H3. The second-order valence-corrected chi connectivity index (χ2v) is 5.74. The molecule has 0 aromatic heterocycles. The Morgan fingerprint density at radius 3 is 2.20 bits per heavy atom. The fraction of sp³-hybridized carbons (Fsp3) is 1.00. The van der Waals surface area contributed by atoms with Crippen molar-refractivity contribution in [3.05, 3.63) is 0 Å². The van der Waals surface area contributed by atoms with Crippen molar-refractivity contribution < 1.29 is 21.6 Å². The summed E-state index contributed by atoms with van der Waals surface area (Å²) in [4.78, 5) is 0. The predicted molar refractivity (Wildman–Crippen MR) is 50.7 cm³/mol. The third-order valence-corrected chi connectivity index (χ3v) is 4.25. The summed E-state index contributed by atoms with van der Waals surface area (Å²) in [6.07, 6.45) is -5.50. The average molecular weight is 248 g/mol. The average Bonchev–Trinajstić information content (AvgIpc) is 2.11. The Morgan fingerprint density at radius 1 is 1.40 bits per heavy atom. The lowest BCUT2D eigenvalue weighted by Crippen LogP contribution is -2.39. The minimum Gasteiger partial charge on any atom is -0.329 e. The molecule has 0 aromatic carbocycles. The van der Waals surface area contributed by atoms with Gasteiger partial charge >= 0.3 is 6.18 Å². The van der Waals surface area contributed by atoms with Gasteiger partial charge in [0.25, 0.3) is 0 Å². The number of hydrogen-bond acceptors (Lipinski definition) is 3. The van der Waals surface area contributed by atoms with Gasteiger partial charge in [0.05, 0.1) is 11.7 Å². The summed E-state index contributed by atoms with van der Waals surface area (Å²) >= 11 is 0. The molecule has 1 atom stereocenters. The van der Waals surface area contributed by atoms with Gasteiger partial charge in [-0.15, -0.1) is 0 Å². The first-order valence-corrected chi connectivity index (χ1v) is 5.83. The molecule has 0 heterocycles. The number of halogens is 3. The molecule has 15 heavy (non-hydrogen) atoms. The highest BCUT2D eigenvalue weighted by Gasteiger charge is 2.31. The first-order chi connectivity index (χ1) is 6.61. The van der Waals surface area contributed by atoms with E-state index in [0.29, 0.717) is 4.31 Å². The summed E-state index contributed by atoms with van der Waals surface area (Å²) in [5, 5.41) is -0.865. The molecule has 2 N–H and O–H groups in total. The Bertz CT molecular complexity index is 289. The molecule has 0 radical (unpaired) electrons. The van der Waals surface area contributed by atoms with Gasteiger partial charge in [0.2, 0.25) is 10.0 Å². The van der Waals surface area contributed by atoms with Crippen LogP contribution in [0.3, 0.4) is 0 Å². The van der Waals surface area contributed by atoms with Gasteiger partial charge in [-0.25, -0.2) is 12.7 Å². The smallest absolute Gasteiger partial charge is 0.329 e. The molecule has 1 unspecified atom stereocenters. The molecular weight excluding hydrogens is 233 g/mol. The number of sulfonamides is 1. The summed E-state index contributed by atoms with van der Waals surface area (Å²) in [7, 11) is -2.58. The molecule has 0 rings (SSSR count). The van der Waals surface area contributed by atoms with E-state index < -0.39 is 34.4 Å². The van der Waals surface area contributed by atoms with Crippen molar-refractivity contribution in [1.29, 1.82) is 0 Å². The summed E-state index contributed by atoms with van der Waals surface area (Å²) in [6, 6.07) is 0. The minimum atomic E-state index is -4.35. The van der Waals surface area contributed by atoms with E-state index >= 15 is 0 Å². The van der Waals surface area contributed by atoms with Crippen molar-refractivity contribution in [3.8, 4) is 0 Å². The zero-order valence-corrected chi connectivity index (χ0v) is 9.40. The Hall–Kier alpha value is -0.340. The summed E-state index contributed by atoms with van der Waals surface area (Å²) in [5.74, 6) is 0. The van der Waals surface area contributed by atoms with Crippen molar-refractivity contribution in [2.45, 2.75) is 24.8 Å². The van der Waals surface area contributed by atoms with E-state index in [4.69, 9.17) is 5.73 Å². The minimum absolute atomic E-state index is 0.112. The van der Waals surface area contributed by atoms with Gasteiger partial charge in [0, 0.05) is 20.1 Å². The van der Waals surface area contributed by atoms with E-state index in [1.165, 1.54) is 6.92 Å². The largest absolute Gasteiger partial charge is 0.390 e. The highest BCUT2D eigenvalue weighted by atomic mass is 32.2. The Kier molecular flexibility index (Phi) is 5.01. The molecule has 0 aliphatic heterocycles. The van der Waals surface area contributed by atoms with E-state index in [0.717, 1.165) is 7.05 Å². The van der Waals surface area contributed by atoms with Crippen LogP contribution in [0.25, 0.3) is 0 Å². The van der Waals surface area contributed by atoms with Gasteiger partial charge in [-0.1, -0.05) is 0 Å². The highest BCUT2D eigenvalue weighted by molar-refractivity contribution is 7.89. The Morgan fingerprint density at radius 2 is 1.87 bits per heavy atom. The number of hydrogen-bond donors (Lipinski definition) is 1. The van der Waals surface area contributed by atoms with Gasteiger partial charge in [-0.2, -0.15) is 13.2 Å². The van der Waals surface area contributed by atoms with Gasteiger partial charge in [0.1, 0.15) is 0 Å². The van der Waals surface area contributed by atoms with Crippen LogP contribution in [0.2, 0.25) is 0 Å². The van der Waals surface area contributed by atoms with E-state index in [1.807, 2.05) is 0 Å². The maximum absolute atomic E-state index is 11.8. The zero-order valence-electron chi connectivity index (χ0n) is 8.58. The van der Waals surface area contributed by atoms with Gasteiger partial charge < -0.3 is 5.73 Å². The van der Waals surface area contributed by atoms with Gasteiger partial charge in [-0.05, 0) is 6.92 Å². The second-order valence-electron chi connectivity index (χ2n) is 3.28. The van der Waals surface area contributed by atoms with Crippen molar-refractivity contribution in [2.24, 2.45) is 5.73 Å². The third-order valence-electron chi connectivity index (χ3n) is 1.99. The van der Waals surface area contributed by atoms with Crippen molar-refractivity contribution in [2.75, 3.05) is 20.1 Å². The highest BCUT2D eigenvalue weighted by Crippen LogP contribution is 2.20. The summed E-state index contributed by atoms with van der Waals surface area (Å²) in [6.45, 7) is 0.675. The van der Waals surface area contributed by atoms with Crippen LogP contribution in [0, 0.1) is 0 Å². The molecule has 0 saturated carbocycles. The second kappa shape index (κ2) is 5.13. The molecule has 0 bridgehead atoms. The number of nitrogens with zero attached hydrogens (tertiary/aromatic N) is 1. The zero-order chi connectivity index (χ0) is 12.3. The number of nitrogens with two attached hydrogens (primary N) is 1. The molecule has 0 spiro atoms. The molecule has 0 amide bonds. The fourth-order valence-electron chi connectivity index (χ4n) is 0.840. The van der Waals surface area contributed by atoms with Crippen LogP contribution in [0.1, 0.15) is 13.3 Å². The van der Waals surface area contributed by atoms with Crippen LogP contribution in [0.5, 0.6) is 0 Å². The van der Waals surface area contributed by atoms with E-state index in [1.54, 1.807) is 0 Å². The first-order valence-electron chi connectivity index (χ1n) is 4.33. The quantitative estimate of drug-likeness (QED) is 0.772. The predicted octanol–water partition coefficient (Wildman–Crippen LogP) is 0.548. The fourth-order valence-corrected chi connectivity index (χ4v) is 2.04. The van der Waals surface area contributed by atoms with Crippen LogP contribution < -0.4 is 5.73 Å². The normalized spacial score (nSPS) is 15.7. The Labute approximate surface area is 87.3 Å². The first kappa shape index (κ1) is 14.7. The van der Waals surface area contributed by atoms with Crippen molar-refractivity contribution in [1.82, 2.24) is 4.31 Å². The van der Waals surface area contributed by atoms with Crippen LogP contribution in [-0.4, -0.2) is 44.3 Å². The molecule has 0 aliphatic carbocycles. The summed E-state index contributed by atoms with van der Waals surface area (Å²) in [5.41, 5.74) is 5.15. The molecule has 92 valence electrons. The summed E-state index contributed by atoms with van der Waals surface area (Å²) < 4.78 is 59.1. The van der Waals surface area contributed by atoms with Crippen molar-refractivity contribution >= 4 is 10.0 Å². The maximum Gasteiger partial charge on any atom is 0.390 e. The SMILES string of the molecule is CC(CN)S(=O)(=O)N(C)CCC(F)(F)F. The molecule has 4 nitrogen and oxygen atoms in total. The van der Waals surface area contributed by atoms with Crippen LogP contribution in [0.15, 0.2) is 0 Å². The lowest BCUT2D eigenvalue weighted by molar-refractivity contribution is -0.135.